The highest BCUT2D eigenvalue weighted by Gasteiger charge is 2.12. The van der Waals surface area contributed by atoms with Crippen LogP contribution in [-0.2, 0) is 17.8 Å². The average molecular weight is 392 g/mol. The van der Waals surface area contributed by atoms with Crippen LogP contribution in [0.15, 0.2) is 34.8 Å². The Hall–Kier alpha value is -2.01. The predicted octanol–water partition coefficient (Wildman–Crippen LogP) is 5.39. The molecule has 128 valence electrons. The van der Waals surface area contributed by atoms with Crippen LogP contribution in [0.1, 0.15) is 29.2 Å². The number of para-hydroxylation sites is 1. The van der Waals surface area contributed by atoms with Gasteiger partial charge in [-0.15, -0.1) is 0 Å². The maximum Gasteiger partial charge on any atom is 0.411 e. The second-order valence-electron chi connectivity index (χ2n) is 5.58. The highest BCUT2D eigenvalue weighted by atomic mass is 79.9. The molecular weight excluding hydrogens is 370 g/mol. The lowest BCUT2D eigenvalue weighted by atomic mass is 10.0. The normalized spacial score (nSPS) is 10.4. The number of carbonyl (C=O) groups is 1. The topological polar surface area (TPSA) is 47.6 Å². The van der Waals surface area contributed by atoms with E-state index in [4.69, 9.17) is 4.74 Å². The van der Waals surface area contributed by atoms with Gasteiger partial charge in [-0.3, -0.25) is 5.32 Å². The Morgan fingerprint density at radius 1 is 1.17 bits per heavy atom. The number of rotatable bonds is 5. The zero-order valence-corrected chi connectivity index (χ0v) is 16.0. The fourth-order valence-electron chi connectivity index (χ4n) is 2.52. The van der Waals surface area contributed by atoms with Gasteiger partial charge in [-0.2, -0.15) is 0 Å². The molecule has 0 heterocycles. The lowest BCUT2D eigenvalue weighted by Gasteiger charge is -2.16. The molecule has 2 rings (SSSR count). The van der Waals surface area contributed by atoms with Gasteiger partial charge in [0, 0.05) is 10.0 Å². The van der Waals surface area contributed by atoms with Crippen molar-refractivity contribution >= 4 is 27.7 Å². The molecule has 0 saturated heterocycles. The van der Waals surface area contributed by atoms with Crippen molar-refractivity contribution in [3.8, 4) is 5.75 Å². The largest absolute Gasteiger partial charge is 0.489 e. The molecule has 2 aromatic carbocycles. The standard InChI is InChI=1S/C19H22BrNO3/c1-5-14-9-13(3)17(10-12(14)2)24-11-15-7-6-8-16(20)18(15)21-19(22)23-4/h6-10H,5,11H2,1-4H3,(H,21,22). The number of hydrogen-bond acceptors (Lipinski definition) is 3. The van der Waals surface area contributed by atoms with E-state index in [9.17, 15) is 4.79 Å². The molecule has 0 aliphatic heterocycles. The molecule has 5 heteroatoms. The molecule has 0 aliphatic carbocycles. The number of amides is 1. The summed E-state index contributed by atoms with van der Waals surface area (Å²) in [6, 6.07) is 9.92. The predicted molar refractivity (Wildman–Crippen MR) is 99.8 cm³/mol. The first kappa shape index (κ1) is 18.3. The molecule has 4 nitrogen and oxygen atoms in total. The van der Waals surface area contributed by atoms with Crippen LogP contribution in [0.2, 0.25) is 0 Å². The Kier molecular flexibility index (Phi) is 6.26. The Labute approximate surface area is 151 Å². The van der Waals surface area contributed by atoms with E-state index >= 15 is 0 Å². The van der Waals surface area contributed by atoms with Crippen LogP contribution in [-0.4, -0.2) is 13.2 Å². The Balaban J connectivity index is 2.22. The second kappa shape index (κ2) is 8.20. The molecule has 0 aliphatic rings. The fraction of sp³-hybridized carbons (Fsp3) is 0.316. The zero-order valence-electron chi connectivity index (χ0n) is 14.4. The van der Waals surface area contributed by atoms with Gasteiger partial charge in [0.25, 0.3) is 0 Å². The average Bonchev–Trinajstić information content (AvgIpc) is 2.57. The molecule has 1 N–H and O–H groups in total. The second-order valence-corrected chi connectivity index (χ2v) is 6.43. The third kappa shape index (κ3) is 4.29. The summed E-state index contributed by atoms with van der Waals surface area (Å²) < 4.78 is 11.5. The molecule has 0 spiro atoms. The smallest absolute Gasteiger partial charge is 0.411 e. The van der Waals surface area contributed by atoms with Crippen LogP contribution in [0.3, 0.4) is 0 Å². The zero-order chi connectivity index (χ0) is 17.7. The molecule has 0 bridgehead atoms. The Bertz CT molecular complexity index is 744. The summed E-state index contributed by atoms with van der Waals surface area (Å²) in [5.41, 5.74) is 5.18. The van der Waals surface area contributed by atoms with Gasteiger partial charge in [-0.25, -0.2) is 4.79 Å². The van der Waals surface area contributed by atoms with E-state index in [1.54, 1.807) is 0 Å². The lowest BCUT2D eigenvalue weighted by Crippen LogP contribution is -2.14. The van der Waals surface area contributed by atoms with E-state index in [0.717, 1.165) is 27.8 Å². The van der Waals surface area contributed by atoms with Crippen LogP contribution in [0, 0.1) is 13.8 Å². The number of benzene rings is 2. The van der Waals surface area contributed by atoms with Crippen molar-refractivity contribution in [2.75, 3.05) is 12.4 Å². The number of hydrogen-bond donors (Lipinski definition) is 1. The number of anilines is 1. The highest BCUT2D eigenvalue weighted by Crippen LogP contribution is 2.29. The summed E-state index contributed by atoms with van der Waals surface area (Å²) >= 11 is 3.45. The molecule has 24 heavy (non-hydrogen) atoms. The molecule has 1 amide bonds. The van der Waals surface area contributed by atoms with Crippen LogP contribution in [0.25, 0.3) is 0 Å². The van der Waals surface area contributed by atoms with Gasteiger partial charge >= 0.3 is 6.09 Å². The van der Waals surface area contributed by atoms with Crippen molar-refractivity contribution in [2.45, 2.75) is 33.8 Å². The van der Waals surface area contributed by atoms with Crippen LogP contribution < -0.4 is 10.1 Å². The van der Waals surface area contributed by atoms with Crippen LogP contribution in [0.5, 0.6) is 5.75 Å². The van der Waals surface area contributed by atoms with Gasteiger partial charge in [0.1, 0.15) is 12.4 Å². The number of nitrogens with one attached hydrogen (secondary N) is 1. The fourth-order valence-corrected chi connectivity index (χ4v) is 3.03. The van der Waals surface area contributed by atoms with E-state index in [-0.39, 0.29) is 0 Å². The van der Waals surface area contributed by atoms with Crippen molar-refractivity contribution in [3.05, 3.63) is 57.1 Å². The third-order valence-corrected chi connectivity index (χ3v) is 4.57. The van der Waals surface area contributed by atoms with E-state index in [0.29, 0.717) is 12.3 Å². The van der Waals surface area contributed by atoms with Crippen LogP contribution in [0.4, 0.5) is 10.5 Å². The first-order valence-electron chi connectivity index (χ1n) is 7.81. The molecular formula is C19H22BrNO3. The maximum atomic E-state index is 11.5. The van der Waals surface area contributed by atoms with Gasteiger partial charge in [-0.1, -0.05) is 25.1 Å². The first-order valence-corrected chi connectivity index (χ1v) is 8.60. The number of ether oxygens (including phenoxy) is 2. The number of methoxy groups -OCH3 is 1. The lowest BCUT2D eigenvalue weighted by molar-refractivity contribution is 0.187. The van der Waals surface area contributed by atoms with Crippen molar-refractivity contribution < 1.29 is 14.3 Å². The molecule has 0 saturated carbocycles. The summed E-state index contributed by atoms with van der Waals surface area (Å²) in [6.07, 6.45) is 0.494. The quantitative estimate of drug-likeness (QED) is 0.743. The van der Waals surface area contributed by atoms with Crippen molar-refractivity contribution in [1.82, 2.24) is 0 Å². The first-order chi connectivity index (χ1) is 11.5. The summed E-state index contributed by atoms with van der Waals surface area (Å²) in [7, 11) is 1.34. The summed E-state index contributed by atoms with van der Waals surface area (Å²) in [6.45, 7) is 6.63. The van der Waals surface area contributed by atoms with E-state index < -0.39 is 6.09 Å². The number of carbonyl (C=O) groups excluding carboxylic acids is 1. The van der Waals surface area contributed by atoms with E-state index in [1.807, 2.05) is 25.1 Å². The maximum absolute atomic E-state index is 11.5. The SMILES string of the molecule is CCc1cc(C)c(OCc2cccc(Br)c2NC(=O)OC)cc1C. The van der Waals surface area contributed by atoms with Gasteiger partial charge in [0.15, 0.2) is 0 Å². The van der Waals surface area contributed by atoms with Gasteiger partial charge in [0.2, 0.25) is 0 Å². The summed E-state index contributed by atoms with van der Waals surface area (Å²) in [5.74, 6) is 0.855. The summed E-state index contributed by atoms with van der Waals surface area (Å²) in [5, 5.41) is 2.72. The molecule has 0 radical (unpaired) electrons. The molecule has 2 aromatic rings. The number of halogens is 1. The van der Waals surface area contributed by atoms with E-state index in [1.165, 1.54) is 18.2 Å². The molecule has 0 unspecified atom stereocenters. The summed E-state index contributed by atoms with van der Waals surface area (Å²) in [4.78, 5) is 11.5. The Morgan fingerprint density at radius 2 is 1.92 bits per heavy atom. The van der Waals surface area contributed by atoms with Crippen molar-refractivity contribution in [2.24, 2.45) is 0 Å². The van der Waals surface area contributed by atoms with Crippen molar-refractivity contribution in [1.29, 1.82) is 0 Å². The van der Waals surface area contributed by atoms with Crippen molar-refractivity contribution in [3.63, 3.8) is 0 Å². The molecule has 0 fully saturated rings. The molecule has 0 atom stereocenters. The number of aryl methyl sites for hydroxylation is 3. The minimum Gasteiger partial charge on any atom is -0.489 e. The van der Waals surface area contributed by atoms with Crippen LogP contribution >= 0.6 is 15.9 Å². The monoisotopic (exact) mass is 391 g/mol. The van der Waals surface area contributed by atoms with Gasteiger partial charge in [0.05, 0.1) is 12.8 Å². The minimum atomic E-state index is -0.512. The molecule has 0 aromatic heterocycles. The van der Waals surface area contributed by atoms with E-state index in [2.05, 4.69) is 52.0 Å². The van der Waals surface area contributed by atoms with Gasteiger partial charge < -0.3 is 9.47 Å². The highest BCUT2D eigenvalue weighted by molar-refractivity contribution is 9.10. The Morgan fingerprint density at radius 3 is 2.58 bits per heavy atom. The minimum absolute atomic E-state index is 0.352. The van der Waals surface area contributed by atoms with Gasteiger partial charge in [-0.05, 0) is 65.0 Å². The third-order valence-electron chi connectivity index (χ3n) is 3.91.